The van der Waals surface area contributed by atoms with Crippen molar-refractivity contribution in [3.63, 3.8) is 0 Å². The summed E-state index contributed by atoms with van der Waals surface area (Å²) < 4.78 is 0. The van der Waals surface area contributed by atoms with Gasteiger partial charge >= 0.3 is 0 Å². The minimum absolute atomic E-state index is 0.00287. The quantitative estimate of drug-likeness (QED) is 0.570. The number of halogens is 1. The van der Waals surface area contributed by atoms with E-state index in [0.717, 1.165) is 0 Å². The number of rotatable bonds is 0. The SMILES string of the molecule is N#Cc1ncc(Cl)nc1C#N. The van der Waals surface area contributed by atoms with E-state index in [9.17, 15) is 0 Å². The zero-order chi connectivity index (χ0) is 8.27. The van der Waals surface area contributed by atoms with Crippen LogP contribution in [0.15, 0.2) is 6.20 Å². The van der Waals surface area contributed by atoms with E-state index in [2.05, 4.69) is 9.97 Å². The highest BCUT2D eigenvalue weighted by Gasteiger charge is 2.03. The van der Waals surface area contributed by atoms with Crippen LogP contribution in [0.1, 0.15) is 11.4 Å². The lowest BCUT2D eigenvalue weighted by Crippen LogP contribution is -1.92. The Balaban J connectivity index is 3.34. The summed E-state index contributed by atoms with van der Waals surface area (Å²) in [6, 6.07) is 3.43. The second kappa shape index (κ2) is 2.96. The van der Waals surface area contributed by atoms with Crippen LogP contribution in [0.3, 0.4) is 0 Å². The third-order valence-electron chi connectivity index (χ3n) is 0.955. The van der Waals surface area contributed by atoms with Crippen molar-refractivity contribution in [2.75, 3.05) is 0 Å². The first-order valence-electron chi connectivity index (χ1n) is 2.60. The predicted molar refractivity (Wildman–Crippen MR) is 36.5 cm³/mol. The fourth-order valence-corrected chi connectivity index (χ4v) is 0.661. The summed E-state index contributed by atoms with van der Waals surface area (Å²) in [5, 5.41) is 16.9. The van der Waals surface area contributed by atoms with Crippen LogP contribution in [0.25, 0.3) is 0 Å². The number of nitrogens with zero attached hydrogens (tertiary/aromatic N) is 4. The summed E-state index contributed by atoms with van der Waals surface area (Å²) in [5.74, 6) is 0. The van der Waals surface area contributed by atoms with Crippen molar-refractivity contribution in [3.05, 3.63) is 22.7 Å². The molecule has 52 valence electrons. The molecule has 0 saturated carbocycles. The normalized spacial score (nSPS) is 8.27. The molecule has 0 N–H and O–H groups in total. The molecule has 0 aliphatic heterocycles. The van der Waals surface area contributed by atoms with Gasteiger partial charge in [-0.15, -0.1) is 0 Å². The van der Waals surface area contributed by atoms with Crippen LogP contribution in [0.2, 0.25) is 5.15 Å². The van der Waals surface area contributed by atoms with Gasteiger partial charge in [0.2, 0.25) is 0 Å². The molecule has 1 rings (SSSR count). The number of hydrogen-bond acceptors (Lipinski definition) is 4. The Morgan fingerprint density at radius 1 is 1.27 bits per heavy atom. The smallest absolute Gasteiger partial charge is 0.178 e. The molecule has 0 aliphatic rings. The van der Waals surface area contributed by atoms with Gasteiger partial charge in [-0.05, 0) is 0 Å². The Hall–Kier alpha value is -1.65. The lowest BCUT2D eigenvalue weighted by molar-refractivity contribution is 1.13. The van der Waals surface area contributed by atoms with Crippen molar-refractivity contribution in [3.8, 4) is 12.1 Å². The third kappa shape index (κ3) is 1.43. The monoisotopic (exact) mass is 164 g/mol. The first-order chi connectivity index (χ1) is 5.27. The molecule has 0 spiro atoms. The molecule has 1 aromatic heterocycles. The lowest BCUT2D eigenvalue weighted by atomic mass is 10.3. The summed E-state index contributed by atoms with van der Waals surface area (Å²) in [6.07, 6.45) is 1.22. The first kappa shape index (κ1) is 7.46. The molecule has 1 aromatic rings. The van der Waals surface area contributed by atoms with Crippen LogP contribution in [-0.4, -0.2) is 9.97 Å². The predicted octanol–water partition coefficient (Wildman–Crippen LogP) is 0.873. The maximum Gasteiger partial charge on any atom is 0.178 e. The largest absolute Gasteiger partial charge is 0.239 e. The molecular weight excluding hydrogens is 164 g/mol. The zero-order valence-corrected chi connectivity index (χ0v) is 6.00. The Morgan fingerprint density at radius 2 is 1.91 bits per heavy atom. The second-order valence-corrected chi connectivity index (χ2v) is 2.00. The average molecular weight is 165 g/mol. The second-order valence-electron chi connectivity index (χ2n) is 1.61. The fraction of sp³-hybridized carbons (Fsp3) is 0. The number of aromatic nitrogens is 2. The molecule has 0 amide bonds. The molecule has 0 aromatic carbocycles. The van der Waals surface area contributed by atoms with Gasteiger partial charge in [-0.25, -0.2) is 9.97 Å². The molecule has 5 heteroatoms. The first-order valence-corrected chi connectivity index (χ1v) is 2.98. The zero-order valence-electron chi connectivity index (χ0n) is 5.24. The molecule has 0 unspecified atom stereocenters. The van der Waals surface area contributed by atoms with Crippen molar-refractivity contribution in [2.24, 2.45) is 0 Å². The minimum Gasteiger partial charge on any atom is -0.239 e. The molecule has 0 fully saturated rings. The molecule has 1 heterocycles. The topological polar surface area (TPSA) is 73.4 Å². The van der Waals surface area contributed by atoms with Crippen LogP contribution < -0.4 is 0 Å². The molecule has 0 atom stereocenters. The molecule has 0 saturated heterocycles. The van der Waals surface area contributed by atoms with E-state index in [4.69, 9.17) is 22.1 Å². The summed E-state index contributed by atoms with van der Waals surface area (Å²) in [6.45, 7) is 0. The number of nitriles is 2. The van der Waals surface area contributed by atoms with Crippen LogP contribution in [-0.2, 0) is 0 Å². The van der Waals surface area contributed by atoms with Gasteiger partial charge in [-0.2, -0.15) is 10.5 Å². The summed E-state index contributed by atoms with van der Waals surface area (Å²) in [4.78, 5) is 7.17. The highest BCUT2D eigenvalue weighted by Crippen LogP contribution is 2.05. The van der Waals surface area contributed by atoms with Crippen molar-refractivity contribution in [1.82, 2.24) is 9.97 Å². The van der Waals surface area contributed by atoms with E-state index in [0.29, 0.717) is 0 Å². The van der Waals surface area contributed by atoms with Crippen molar-refractivity contribution in [1.29, 1.82) is 10.5 Å². The van der Waals surface area contributed by atoms with E-state index in [1.807, 2.05) is 0 Å². The van der Waals surface area contributed by atoms with Crippen molar-refractivity contribution in [2.45, 2.75) is 0 Å². The van der Waals surface area contributed by atoms with Gasteiger partial charge in [-0.1, -0.05) is 11.6 Å². The van der Waals surface area contributed by atoms with E-state index in [-0.39, 0.29) is 16.5 Å². The van der Waals surface area contributed by atoms with E-state index in [1.165, 1.54) is 6.20 Å². The van der Waals surface area contributed by atoms with E-state index in [1.54, 1.807) is 12.1 Å². The van der Waals surface area contributed by atoms with Gasteiger partial charge in [0.1, 0.15) is 17.3 Å². The highest BCUT2D eigenvalue weighted by atomic mass is 35.5. The van der Waals surface area contributed by atoms with Gasteiger partial charge in [-0.3, -0.25) is 0 Å². The van der Waals surface area contributed by atoms with Crippen LogP contribution in [0.4, 0.5) is 0 Å². The summed E-state index contributed by atoms with van der Waals surface area (Å²) in [7, 11) is 0. The maximum absolute atomic E-state index is 8.41. The van der Waals surface area contributed by atoms with Gasteiger partial charge in [0, 0.05) is 0 Å². The van der Waals surface area contributed by atoms with Crippen molar-refractivity contribution >= 4 is 11.6 Å². The van der Waals surface area contributed by atoms with Gasteiger partial charge in [0.05, 0.1) is 6.20 Å². The standard InChI is InChI=1S/C6HClN4/c7-6-3-10-4(1-8)5(2-9)11-6/h3H. The van der Waals surface area contributed by atoms with Gasteiger partial charge in [0.25, 0.3) is 0 Å². The van der Waals surface area contributed by atoms with Gasteiger partial charge < -0.3 is 0 Å². The fourth-order valence-electron chi connectivity index (χ4n) is 0.527. The Bertz CT molecular complexity index is 360. The molecule has 11 heavy (non-hydrogen) atoms. The Kier molecular flexibility index (Phi) is 2.00. The lowest BCUT2D eigenvalue weighted by Gasteiger charge is -1.90. The van der Waals surface area contributed by atoms with Crippen LogP contribution in [0.5, 0.6) is 0 Å². The van der Waals surface area contributed by atoms with E-state index >= 15 is 0 Å². The third-order valence-corrected chi connectivity index (χ3v) is 1.14. The molecule has 0 bridgehead atoms. The molecule has 0 aliphatic carbocycles. The molecule has 0 radical (unpaired) electrons. The van der Waals surface area contributed by atoms with Crippen LogP contribution >= 0.6 is 11.6 Å². The average Bonchev–Trinajstić information content (AvgIpc) is 2.04. The van der Waals surface area contributed by atoms with Crippen LogP contribution in [0, 0.1) is 22.7 Å². The Labute approximate surface area is 67.7 Å². The van der Waals surface area contributed by atoms with Gasteiger partial charge in [0.15, 0.2) is 11.4 Å². The maximum atomic E-state index is 8.41. The van der Waals surface area contributed by atoms with E-state index < -0.39 is 0 Å². The Morgan fingerprint density at radius 3 is 2.45 bits per heavy atom. The van der Waals surface area contributed by atoms with Crippen molar-refractivity contribution < 1.29 is 0 Å². The summed E-state index contributed by atoms with van der Waals surface area (Å²) >= 11 is 5.42. The highest BCUT2D eigenvalue weighted by molar-refractivity contribution is 6.29. The summed E-state index contributed by atoms with van der Waals surface area (Å²) in [5.41, 5.74) is -0.0445. The number of hydrogen-bond donors (Lipinski definition) is 0. The minimum atomic E-state index is -0.0417. The molecular formula is C6HClN4. The molecule has 4 nitrogen and oxygen atoms in total.